The van der Waals surface area contributed by atoms with E-state index in [4.69, 9.17) is 5.11 Å². The molecule has 0 unspecified atom stereocenters. The second kappa shape index (κ2) is 8.73. The molecule has 0 aliphatic rings. The number of aliphatic carboxylic acids is 1. The molecule has 0 atom stereocenters. The first-order valence-corrected chi connectivity index (χ1v) is 6.93. The van der Waals surface area contributed by atoms with Crippen molar-refractivity contribution in [3.8, 4) is 0 Å². The lowest BCUT2D eigenvalue weighted by atomic mass is 10.1. The Bertz CT molecular complexity index is 514. The van der Waals surface area contributed by atoms with Crippen LogP contribution in [0.2, 0.25) is 0 Å². The van der Waals surface area contributed by atoms with Gasteiger partial charge in [0.2, 0.25) is 0 Å². The summed E-state index contributed by atoms with van der Waals surface area (Å²) < 4.78 is 0. The van der Waals surface area contributed by atoms with Crippen LogP contribution in [0.5, 0.6) is 0 Å². The summed E-state index contributed by atoms with van der Waals surface area (Å²) in [5.74, 6) is -1.73. The second-order valence-electron chi connectivity index (χ2n) is 4.55. The zero-order valence-electron chi connectivity index (χ0n) is 12.0. The molecule has 0 radical (unpaired) electrons. The highest BCUT2D eigenvalue weighted by Gasteiger charge is 2.16. The highest BCUT2D eigenvalue weighted by atomic mass is 16.4. The van der Waals surface area contributed by atoms with Gasteiger partial charge >= 0.3 is 5.97 Å². The van der Waals surface area contributed by atoms with Crippen molar-refractivity contribution in [2.45, 2.75) is 26.2 Å². The third-order valence-electron chi connectivity index (χ3n) is 2.86. The van der Waals surface area contributed by atoms with Crippen molar-refractivity contribution >= 4 is 17.8 Å². The molecule has 6 heteroatoms. The first-order chi connectivity index (χ1) is 10.1. The summed E-state index contributed by atoms with van der Waals surface area (Å²) in [5.41, 5.74) is 0.540. The Hall–Kier alpha value is -2.37. The molecule has 1 aromatic carbocycles. The Morgan fingerprint density at radius 1 is 1.00 bits per heavy atom. The average Bonchev–Trinajstić information content (AvgIpc) is 2.47. The van der Waals surface area contributed by atoms with Crippen LogP contribution in [0.4, 0.5) is 0 Å². The van der Waals surface area contributed by atoms with Crippen LogP contribution in [-0.2, 0) is 4.79 Å². The number of carboxylic acid groups (broad SMARTS) is 1. The Morgan fingerprint density at radius 3 is 2.00 bits per heavy atom. The van der Waals surface area contributed by atoms with Crippen molar-refractivity contribution < 1.29 is 19.5 Å². The van der Waals surface area contributed by atoms with Gasteiger partial charge in [-0.1, -0.05) is 25.5 Å². The lowest BCUT2D eigenvalue weighted by Crippen LogP contribution is -2.30. The molecule has 0 heterocycles. The van der Waals surface area contributed by atoms with Crippen LogP contribution >= 0.6 is 0 Å². The fourth-order valence-corrected chi connectivity index (χ4v) is 1.73. The van der Waals surface area contributed by atoms with Crippen LogP contribution in [-0.4, -0.2) is 36.0 Å². The molecule has 21 heavy (non-hydrogen) atoms. The largest absolute Gasteiger partial charge is 0.481 e. The van der Waals surface area contributed by atoms with Gasteiger partial charge in [0.15, 0.2) is 0 Å². The number of unbranched alkanes of at least 4 members (excludes halogenated alkanes) is 1. The van der Waals surface area contributed by atoms with E-state index in [-0.39, 0.29) is 24.4 Å². The minimum absolute atomic E-state index is 0.0277. The zero-order valence-corrected chi connectivity index (χ0v) is 12.0. The topological polar surface area (TPSA) is 95.5 Å². The summed E-state index contributed by atoms with van der Waals surface area (Å²) >= 11 is 0. The van der Waals surface area contributed by atoms with Crippen molar-refractivity contribution in [2.24, 2.45) is 0 Å². The Labute approximate surface area is 123 Å². The van der Waals surface area contributed by atoms with Crippen molar-refractivity contribution in [3.05, 3.63) is 35.4 Å². The summed E-state index contributed by atoms with van der Waals surface area (Å²) in [5, 5.41) is 13.8. The number of benzene rings is 1. The molecule has 114 valence electrons. The van der Waals surface area contributed by atoms with Crippen molar-refractivity contribution in [2.75, 3.05) is 13.1 Å². The summed E-state index contributed by atoms with van der Waals surface area (Å²) in [6, 6.07) is 6.47. The normalized spacial score (nSPS) is 9.95. The van der Waals surface area contributed by atoms with Gasteiger partial charge in [0.1, 0.15) is 0 Å². The van der Waals surface area contributed by atoms with Crippen molar-refractivity contribution in [1.82, 2.24) is 10.6 Å². The van der Waals surface area contributed by atoms with Crippen molar-refractivity contribution in [1.29, 1.82) is 0 Å². The molecule has 0 bridgehead atoms. The van der Waals surface area contributed by atoms with Gasteiger partial charge in [-0.3, -0.25) is 14.4 Å². The maximum absolute atomic E-state index is 12.0. The number of hydrogen-bond acceptors (Lipinski definition) is 3. The van der Waals surface area contributed by atoms with Crippen LogP contribution in [0.1, 0.15) is 46.9 Å². The third kappa shape index (κ3) is 5.64. The third-order valence-corrected chi connectivity index (χ3v) is 2.86. The fraction of sp³-hybridized carbons (Fsp3) is 0.400. The van der Waals surface area contributed by atoms with Crippen LogP contribution in [0.3, 0.4) is 0 Å². The maximum Gasteiger partial charge on any atom is 0.305 e. The van der Waals surface area contributed by atoms with Crippen LogP contribution in [0.15, 0.2) is 24.3 Å². The van der Waals surface area contributed by atoms with Gasteiger partial charge in [0, 0.05) is 13.1 Å². The Morgan fingerprint density at radius 2 is 1.52 bits per heavy atom. The van der Waals surface area contributed by atoms with Crippen LogP contribution < -0.4 is 10.6 Å². The Kier molecular flexibility index (Phi) is 6.94. The fourth-order valence-electron chi connectivity index (χ4n) is 1.73. The SMILES string of the molecule is CCCCNC(=O)c1ccccc1C(=O)NCCC(=O)O. The minimum Gasteiger partial charge on any atom is -0.481 e. The standard InChI is InChI=1S/C15H20N2O4/c1-2-3-9-16-14(20)11-6-4-5-7-12(11)15(21)17-10-8-13(18)19/h4-7H,2-3,8-10H2,1H3,(H,16,20)(H,17,21)(H,18,19). The summed E-state index contributed by atoms with van der Waals surface area (Å²) in [7, 11) is 0. The molecule has 0 aromatic heterocycles. The van der Waals surface area contributed by atoms with Crippen molar-refractivity contribution in [3.63, 3.8) is 0 Å². The lowest BCUT2D eigenvalue weighted by Gasteiger charge is -2.10. The molecule has 0 aliphatic carbocycles. The monoisotopic (exact) mass is 292 g/mol. The van der Waals surface area contributed by atoms with Gasteiger partial charge in [0.25, 0.3) is 11.8 Å². The van der Waals surface area contributed by atoms with Gasteiger partial charge in [0.05, 0.1) is 17.5 Å². The van der Waals surface area contributed by atoms with E-state index < -0.39 is 11.9 Å². The first-order valence-electron chi connectivity index (χ1n) is 6.93. The van der Waals surface area contributed by atoms with Gasteiger partial charge in [-0.15, -0.1) is 0 Å². The molecule has 1 aromatic rings. The predicted octanol–water partition coefficient (Wildman–Crippen LogP) is 1.42. The first kappa shape index (κ1) is 16.7. The molecule has 3 N–H and O–H groups in total. The molecule has 0 saturated heterocycles. The minimum atomic E-state index is -0.985. The van der Waals surface area contributed by atoms with Gasteiger partial charge in [-0.2, -0.15) is 0 Å². The van der Waals surface area contributed by atoms with E-state index in [2.05, 4.69) is 10.6 Å². The molecule has 0 aliphatic heterocycles. The highest BCUT2D eigenvalue weighted by molar-refractivity contribution is 6.07. The maximum atomic E-state index is 12.0. The number of amides is 2. The van der Waals surface area contributed by atoms with Gasteiger partial charge in [-0.25, -0.2) is 0 Å². The molecular weight excluding hydrogens is 272 g/mol. The summed E-state index contributed by atoms with van der Waals surface area (Å²) in [6.45, 7) is 2.61. The van der Waals surface area contributed by atoms with Gasteiger partial charge < -0.3 is 15.7 Å². The summed E-state index contributed by atoms with van der Waals surface area (Å²) in [4.78, 5) is 34.5. The number of rotatable bonds is 8. The average molecular weight is 292 g/mol. The number of hydrogen-bond donors (Lipinski definition) is 3. The molecule has 2 amide bonds. The van der Waals surface area contributed by atoms with E-state index in [9.17, 15) is 14.4 Å². The number of nitrogens with one attached hydrogen (secondary N) is 2. The molecular formula is C15H20N2O4. The smallest absolute Gasteiger partial charge is 0.305 e. The molecule has 1 rings (SSSR count). The van der Waals surface area contributed by atoms with Crippen LogP contribution in [0.25, 0.3) is 0 Å². The van der Waals surface area contributed by atoms with E-state index in [1.165, 1.54) is 0 Å². The van der Waals surface area contributed by atoms with E-state index in [1.807, 2.05) is 6.92 Å². The second-order valence-corrected chi connectivity index (χ2v) is 4.55. The number of carbonyl (C=O) groups excluding carboxylic acids is 2. The van der Waals surface area contributed by atoms with E-state index >= 15 is 0 Å². The lowest BCUT2D eigenvalue weighted by molar-refractivity contribution is -0.136. The highest BCUT2D eigenvalue weighted by Crippen LogP contribution is 2.08. The molecule has 0 fully saturated rings. The molecule has 0 spiro atoms. The van der Waals surface area contributed by atoms with Crippen LogP contribution in [0, 0.1) is 0 Å². The van der Waals surface area contributed by atoms with E-state index in [0.717, 1.165) is 12.8 Å². The number of carboxylic acids is 1. The molecule has 0 saturated carbocycles. The van der Waals surface area contributed by atoms with E-state index in [0.29, 0.717) is 12.1 Å². The molecule has 6 nitrogen and oxygen atoms in total. The van der Waals surface area contributed by atoms with E-state index in [1.54, 1.807) is 24.3 Å². The Balaban J connectivity index is 2.71. The zero-order chi connectivity index (χ0) is 15.7. The van der Waals surface area contributed by atoms with Gasteiger partial charge in [-0.05, 0) is 18.6 Å². The summed E-state index contributed by atoms with van der Waals surface area (Å²) in [6.07, 6.45) is 1.69. The number of carbonyl (C=O) groups is 3. The predicted molar refractivity (Wildman–Crippen MR) is 78.3 cm³/mol. The quantitative estimate of drug-likeness (QED) is 0.631.